The van der Waals surface area contributed by atoms with Crippen molar-refractivity contribution < 1.29 is 95.3 Å². The largest absolute Gasteiger partial charge is 1.00 e. The number of halogens is 1. The monoisotopic (exact) mass is 1140 g/mol. The van der Waals surface area contributed by atoms with Crippen molar-refractivity contribution in [2.45, 2.75) is 121 Å². The van der Waals surface area contributed by atoms with Crippen molar-refractivity contribution in [2.24, 2.45) is 5.84 Å². The number of quaternary nitrogens is 1. The smallest absolute Gasteiger partial charge is 0.326 e. The van der Waals surface area contributed by atoms with Gasteiger partial charge in [-0.2, -0.15) is 0 Å². The van der Waals surface area contributed by atoms with Crippen LogP contribution in [0.2, 0.25) is 0 Å². The Kier molecular flexibility index (Phi) is 20.1. The van der Waals surface area contributed by atoms with Crippen LogP contribution in [-0.2, 0) is 62.8 Å². The quantitative estimate of drug-likeness (QED) is 0.0346. The van der Waals surface area contributed by atoms with Gasteiger partial charge >= 0.3 is 23.9 Å². The zero-order valence-electron chi connectivity index (χ0n) is 44.3. The van der Waals surface area contributed by atoms with Gasteiger partial charge in [0.2, 0.25) is 23.6 Å². The molecule has 3 aromatic rings. The number of rotatable bonds is 14. The van der Waals surface area contributed by atoms with Crippen molar-refractivity contribution in [2.75, 3.05) is 31.8 Å². The molecule has 10 rings (SSSR count). The fraction of sp³-hybridized carbons (Fsp3) is 0.407. The number of hydrogen-bond acceptors (Lipinski definition) is 15. The molecule has 8 amide bonds. The van der Waals surface area contributed by atoms with E-state index < -0.39 is 59.9 Å². The van der Waals surface area contributed by atoms with Crippen molar-refractivity contribution in [3.63, 3.8) is 0 Å². The Labute approximate surface area is 469 Å². The third-order valence-corrected chi connectivity index (χ3v) is 14.9. The van der Waals surface area contributed by atoms with Gasteiger partial charge in [0, 0.05) is 84.5 Å². The number of piperidine rings is 2. The molecule has 6 heterocycles. The highest BCUT2D eigenvalue weighted by Crippen LogP contribution is 2.35. The summed E-state index contributed by atoms with van der Waals surface area (Å²) in [7, 11) is 3.86. The van der Waals surface area contributed by atoms with Gasteiger partial charge < -0.3 is 68.5 Å². The van der Waals surface area contributed by atoms with Crippen LogP contribution in [0, 0.1) is 0 Å². The fourth-order valence-electron chi connectivity index (χ4n) is 10.8. The van der Waals surface area contributed by atoms with Gasteiger partial charge in [0.05, 0.1) is 26.2 Å². The number of benzene rings is 3. The summed E-state index contributed by atoms with van der Waals surface area (Å²) in [6, 6.07) is 12.5. The summed E-state index contributed by atoms with van der Waals surface area (Å²) in [4.78, 5) is 146. The number of imide groups is 2. The number of carbonyl (C=O) groups excluding carboxylic acids is 8. The van der Waals surface area contributed by atoms with Crippen molar-refractivity contribution in [3.05, 3.63) is 99.1 Å². The van der Waals surface area contributed by atoms with Crippen LogP contribution in [-0.4, -0.2) is 156 Å². The molecular formula is C54H63ClN10O16. The zero-order chi connectivity index (χ0) is 58.3. The van der Waals surface area contributed by atoms with E-state index in [2.05, 4.69) is 16.1 Å². The van der Waals surface area contributed by atoms with Gasteiger partial charge in [-0.1, -0.05) is 18.2 Å². The molecule has 3 aromatic carbocycles. The number of carboxylic acids is 4. The van der Waals surface area contributed by atoms with Gasteiger partial charge in [-0.15, -0.1) is 0 Å². The van der Waals surface area contributed by atoms with E-state index in [0.29, 0.717) is 60.5 Å². The second kappa shape index (κ2) is 26.5. The molecule has 0 bridgehead atoms. The first-order valence-electron chi connectivity index (χ1n) is 25.9. The van der Waals surface area contributed by atoms with E-state index in [4.69, 9.17) is 21.8 Å². The topological polar surface area (TPSA) is 391 Å². The highest BCUT2D eigenvalue weighted by molar-refractivity contribution is 6.07. The SMILES string of the molecule is C[NH+](C)c1cccc2c1CN(C(CCC(=O)O)C(=O)O)C2=O.NNc1ccc2c(c1)C(=O)N(C1CCC(=O)NC1=O)C2.Nc1cccc2c1CN(C1CCC(=O)NC1=O)C2=O.O=C(O)CCC(C(=O)O)N1CC2=C(CCCC2)C1=O.[Cl-]. The van der Waals surface area contributed by atoms with E-state index in [1.807, 2.05) is 26.2 Å². The molecule has 0 saturated carbocycles. The molecule has 0 aromatic heterocycles. The Balaban J connectivity index is 0.000000173. The Morgan fingerprint density at radius 2 is 1.15 bits per heavy atom. The summed E-state index contributed by atoms with van der Waals surface area (Å²) < 4.78 is 0. The highest BCUT2D eigenvalue weighted by atomic mass is 35.5. The number of nitrogens with zero attached hydrogens (tertiary/aromatic N) is 4. The molecule has 81 heavy (non-hydrogen) atoms. The van der Waals surface area contributed by atoms with Crippen LogP contribution in [0.1, 0.15) is 125 Å². The summed E-state index contributed by atoms with van der Waals surface area (Å²) in [5.41, 5.74) is 16.3. The number of nitrogens with one attached hydrogen (secondary N) is 4. The summed E-state index contributed by atoms with van der Waals surface area (Å²) in [5, 5.41) is 40.5. The zero-order valence-corrected chi connectivity index (χ0v) is 45.1. The van der Waals surface area contributed by atoms with Gasteiger partial charge in [0.15, 0.2) is 0 Å². The number of hydrazine groups is 1. The minimum atomic E-state index is -1.18. The molecule has 4 atom stereocenters. The second-order valence-electron chi connectivity index (χ2n) is 20.2. The molecule has 6 aliphatic heterocycles. The predicted molar refractivity (Wildman–Crippen MR) is 280 cm³/mol. The summed E-state index contributed by atoms with van der Waals surface area (Å²) in [6.45, 7) is 1.26. The van der Waals surface area contributed by atoms with Gasteiger partial charge in [0.25, 0.3) is 23.6 Å². The van der Waals surface area contributed by atoms with Crippen LogP contribution in [0.3, 0.4) is 0 Å². The molecule has 0 radical (unpaired) electrons. The summed E-state index contributed by atoms with van der Waals surface area (Å²) in [6.07, 6.45) is 4.13. The second-order valence-corrected chi connectivity index (χ2v) is 20.2. The van der Waals surface area contributed by atoms with Crippen LogP contribution in [0.15, 0.2) is 65.7 Å². The lowest BCUT2D eigenvalue weighted by atomic mass is 9.94. The third kappa shape index (κ3) is 13.8. The predicted octanol–water partition coefficient (Wildman–Crippen LogP) is -2.48. The van der Waals surface area contributed by atoms with Crippen LogP contribution in [0.25, 0.3) is 0 Å². The number of aliphatic carboxylic acids is 4. The number of carboxylic acid groups (broad SMARTS) is 4. The standard InChI is InChI=1S/C15H18N2O5.C13H14N4O3.C13H13N3O3.C13H17NO5.ClH/c1-16(2)11-5-3-4-9-10(11)8-17(14(9)20)12(15(21)22)6-7-13(18)19;14-16-8-2-1-7-6-17(13(20)9(7)5-8)10-3-4-11(18)15-12(10)19;14-9-3-1-2-7-8(9)6-16(13(7)19)10-4-5-11(17)15-12(10)18;15-11(16)6-5-10(13(18)19)14-7-8-3-1-2-4-9(8)12(14)17;/h3-5,12H,6-8H2,1-2H3,(H,18,19)(H,21,22);1-2,5,10,16H,3-4,6,14H2,(H,15,18,19);1-3,10H,4-6,14H2,(H,15,17,18);10H,1-7H2,(H,15,16)(H,18,19);1H. The molecule has 0 spiro atoms. The first-order valence-corrected chi connectivity index (χ1v) is 25.9. The van der Waals surface area contributed by atoms with Gasteiger partial charge in [-0.3, -0.25) is 64.4 Å². The fourth-order valence-corrected chi connectivity index (χ4v) is 10.8. The highest BCUT2D eigenvalue weighted by Gasteiger charge is 2.43. The van der Waals surface area contributed by atoms with Gasteiger partial charge in [0.1, 0.15) is 29.9 Å². The van der Waals surface area contributed by atoms with E-state index in [1.165, 1.54) is 19.6 Å². The van der Waals surface area contributed by atoms with Crippen molar-refractivity contribution in [1.82, 2.24) is 30.2 Å². The molecule has 2 saturated heterocycles. The third-order valence-electron chi connectivity index (χ3n) is 14.9. The Hall–Kier alpha value is -8.75. The van der Waals surface area contributed by atoms with Crippen molar-refractivity contribution in [3.8, 4) is 0 Å². The number of fused-ring (bicyclic) bond motifs is 3. The molecule has 7 aliphatic rings. The number of nitrogens with two attached hydrogens (primary N) is 2. The number of anilines is 2. The Morgan fingerprint density at radius 1 is 0.630 bits per heavy atom. The number of hydrogen-bond donors (Lipinski definition) is 10. The van der Waals surface area contributed by atoms with Crippen LogP contribution in [0.4, 0.5) is 17.1 Å². The summed E-state index contributed by atoms with van der Waals surface area (Å²) >= 11 is 0. The van der Waals surface area contributed by atoms with Gasteiger partial charge in [-0.05, 0) is 98.9 Å². The molecule has 2 fully saturated rings. The maximum absolute atomic E-state index is 12.5. The maximum atomic E-state index is 12.5. The number of nitrogen functional groups attached to an aromatic ring is 2. The normalized spacial score (nSPS) is 19.5. The molecule has 27 heteroatoms. The number of amides is 8. The molecule has 26 nitrogen and oxygen atoms in total. The van der Waals surface area contributed by atoms with E-state index in [0.717, 1.165) is 64.1 Å². The average Bonchev–Trinajstić information content (AvgIpc) is 4.22. The maximum Gasteiger partial charge on any atom is 0.326 e. The van der Waals surface area contributed by atoms with E-state index >= 15 is 0 Å². The van der Waals surface area contributed by atoms with Gasteiger partial charge in [-0.25, -0.2) is 9.59 Å². The molecule has 4 unspecified atom stereocenters. The van der Waals surface area contributed by atoms with Crippen LogP contribution >= 0.6 is 0 Å². The van der Waals surface area contributed by atoms with E-state index in [-0.39, 0.29) is 92.9 Å². The molecule has 432 valence electrons. The van der Waals surface area contributed by atoms with Crippen LogP contribution in [0.5, 0.6) is 0 Å². The van der Waals surface area contributed by atoms with Crippen molar-refractivity contribution >= 4 is 88.2 Å². The molecular weight excluding hydrogens is 1080 g/mol. The Bertz CT molecular complexity index is 3110. The first kappa shape index (κ1) is 61.5. The molecule has 1 aliphatic carbocycles. The first-order chi connectivity index (χ1) is 38.0. The summed E-state index contributed by atoms with van der Waals surface area (Å²) in [5.74, 6) is -1.45. The Morgan fingerprint density at radius 3 is 1.65 bits per heavy atom. The van der Waals surface area contributed by atoms with Crippen molar-refractivity contribution in [1.29, 1.82) is 0 Å². The lowest BCUT2D eigenvalue weighted by Crippen LogP contribution is -3.00. The van der Waals surface area contributed by atoms with E-state index in [9.17, 15) is 67.7 Å². The van der Waals surface area contributed by atoms with E-state index in [1.54, 1.807) is 42.5 Å². The molecule has 12 N–H and O–H groups in total. The lowest BCUT2D eigenvalue weighted by Gasteiger charge is -2.29. The lowest BCUT2D eigenvalue weighted by molar-refractivity contribution is -0.786. The number of carbonyl (C=O) groups is 12. The minimum absolute atomic E-state index is 0. The minimum Gasteiger partial charge on any atom is -1.00 e. The average molecular weight is 1140 g/mol. The van der Waals surface area contributed by atoms with Crippen LogP contribution < -0.4 is 44.9 Å².